The summed E-state index contributed by atoms with van der Waals surface area (Å²) in [6.45, 7) is 5.23. The van der Waals surface area contributed by atoms with E-state index in [0.29, 0.717) is 20.9 Å². The summed E-state index contributed by atoms with van der Waals surface area (Å²) in [5.41, 5.74) is 1.37. The maximum Gasteiger partial charge on any atom is 0.413 e. The van der Waals surface area contributed by atoms with Crippen LogP contribution in [0.15, 0.2) is 184 Å². The third-order valence-electron chi connectivity index (χ3n) is 11.3. The number of oxime groups is 1. The maximum absolute atomic E-state index is 15.0. The Morgan fingerprint density at radius 3 is 1.89 bits per heavy atom. The standard InChI is InChI=1S/C53H48N8O7S4/c1-52(2,3)67-51(65)57-49-55-39(30-70-49)41(59-68-53(36-24-14-7-15-25-36,37-26-16-8-17-27-37)38-28-18-9-19-29-38)45(62)56-42-46(63)61-43(40(31-69-47(42)61)71-33-72-50-58-54-32-60(50)4)48(64)66-44(34-20-10-5-11-21-34)35-22-12-6-13-23-35/h5-30,32,42,44,47H,31,33H2,1-4H3,(H,56,62)(H,55,57,65)/t42-,47+/m1/s1. The van der Waals surface area contributed by atoms with E-state index in [9.17, 15) is 19.2 Å². The Morgan fingerprint density at radius 2 is 1.36 bits per heavy atom. The first-order valence-corrected chi connectivity index (χ1v) is 26.6. The first-order chi connectivity index (χ1) is 34.9. The van der Waals surface area contributed by atoms with Gasteiger partial charge in [-0.3, -0.25) is 19.8 Å². The monoisotopic (exact) mass is 1040 g/mol. The second-order valence-electron chi connectivity index (χ2n) is 17.3. The summed E-state index contributed by atoms with van der Waals surface area (Å²) in [5.74, 6) is -1.67. The lowest BCUT2D eigenvalue weighted by atomic mass is 9.80. The Labute approximate surface area is 432 Å². The molecule has 1 saturated heterocycles. The number of amides is 3. The number of hydrogen-bond donors (Lipinski definition) is 2. The van der Waals surface area contributed by atoms with Crippen molar-refractivity contribution < 1.29 is 33.5 Å². The molecule has 19 heteroatoms. The van der Waals surface area contributed by atoms with Crippen LogP contribution in [-0.2, 0) is 41.3 Å². The molecule has 2 atom stereocenters. The Hall–Kier alpha value is -7.19. The number of hydrogen-bond acceptors (Lipinski definition) is 15. The van der Waals surface area contributed by atoms with E-state index in [4.69, 9.17) is 14.3 Å². The molecule has 2 aliphatic heterocycles. The molecule has 2 aromatic heterocycles. The predicted octanol–water partition coefficient (Wildman–Crippen LogP) is 9.76. The zero-order chi connectivity index (χ0) is 50.2. The Balaban J connectivity index is 1.06. The number of anilines is 1. The van der Waals surface area contributed by atoms with Crippen LogP contribution in [0, 0.1) is 0 Å². The number of carbonyl (C=O) groups is 4. The Morgan fingerprint density at radius 1 is 0.806 bits per heavy atom. The third kappa shape index (κ3) is 11.0. The van der Waals surface area contributed by atoms with Crippen molar-refractivity contribution in [3.05, 3.63) is 207 Å². The van der Waals surface area contributed by atoms with Crippen LogP contribution in [0.4, 0.5) is 9.93 Å². The van der Waals surface area contributed by atoms with Gasteiger partial charge >= 0.3 is 12.1 Å². The summed E-state index contributed by atoms with van der Waals surface area (Å²) in [6, 6.07) is 46.3. The highest BCUT2D eigenvalue weighted by molar-refractivity contribution is 8.18. The smallest absolute Gasteiger partial charge is 0.413 e. The highest BCUT2D eigenvalue weighted by Crippen LogP contribution is 2.46. The van der Waals surface area contributed by atoms with Crippen molar-refractivity contribution >= 4 is 81.3 Å². The van der Waals surface area contributed by atoms with Gasteiger partial charge in [0.2, 0.25) is 5.60 Å². The number of aryl methyl sites for hydroxylation is 1. The van der Waals surface area contributed by atoms with Gasteiger partial charge in [0, 0.05) is 39.8 Å². The molecule has 2 aliphatic rings. The molecule has 9 rings (SSSR count). The first kappa shape index (κ1) is 49.8. The van der Waals surface area contributed by atoms with E-state index in [1.54, 1.807) is 37.0 Å². The number of thioether (sulfide) groups is 3. The minimum Gasteiger partial charge on any atom is -0.448 e. The first-order valence-electron chi connectivity index (χ1n) is 22.7. The number of β-lactam (4-membered cyclic amide) rings is 1. The molecule has 0 bridgehead atoms. The van der Waals surface area contributed by atoms with Crippen molar-refractivity contribution in [2.24, 2.45) is 12.2 Å². The quantitative estimate of drug-likeness (QED) is 0.0168. The van der Waals surface area contributed by atoms with Gasteiger partial charge in [0.15, 0.2) is 22.1 Å². The van der Waals surface area contributed by atoms with E-state index in [-0.39, 0.29) is 22.2 Å². The number of fused-ring (bicyclic) bond motifs is 1. The Bertz CT molecular complexity index is 2960. The lowest BCUT2D eigenvalue weighted by Crippen LogP contribution is -2.71. The zero-order valence-electron chi connectivity index (χ0n) is 39.4. The zero-order valence-corrected chi connectivity index (χ0v) is 42.7. The van der Waals surface area contributed by atoms with E-state index in [1.165, 1.54) is 40.2 Å². The largest absolute Gasteiger partial charge is 0.448 e. The van der Waals surface area contributed by atoms with E-state index in [2.05, 4.69) is 31.0 Å². The van der Waals surface area contributed by atoms with Crippen LogP contribution < -0.4 is 10.6 Å². The average Bonchev–Trinajstić information content (AvgIpc) is 4.04. The molecule has 4 heterocycles. The van der Waals surface area contributed by atoms with Gasteiger partial charge in [0.1, 0.15) is 34.7 Å². The van der Waals surface area contributed by atoms with Gasteiger partial charge in [-0.05, 0) is 31.9 Å². The summed E-state index contributed by atoms with van der Waals surface area (Å²) in [5, 5.41) is 20.5. The number of esters is 1. The molecule has 0 aliphatic carbocycles. The van der Waals surface area contributed by atoms with Crippen LogP contribution in [0.25, 0.3) is 0 Å². The van der Waals surface area contributed by atoms with Crippen molar-refractivity contribution in [1.29, 1.82) is 0 Å². The second kappa shape index (κ2) is 22.1. The van der Waals surface area contributed by atoms with Gasteiger partial charge in [0.25, 0.3) is 11.8 Å². The van der Waals surface area contributed by atoms with Gasteiger partial charge in [-0.15, -0.1) is 45.1 Å². The van der Waals surface area contributed by atoms with E-state index in [1.807, 2.05) is 159 Å². The highest BCUT2D eigenvalue weighted by atomic mass is 32.2. The number of aromatic nitrogens is 4. The van der Waals surface area contributed by atoms with Crippen LogP contribution in [0.5, 0.6) is 0 Å². The number of benzene rings is 5. The third-order valence-corrected chi connectivity index (χ3v) is 15.8. The molecule has 366 valence electrons. The molecule has 15 nitrogen and oxygen atoms in total. The van der Waals surface area contributed by atoms with Crippen molar-refractivity contribution in [2.45, 2.75) is 54.6 Å². The number of nitrogens with one attached hydrogen (secondary N) is 2. The highest BCUT2D eigenvalue weighted by Gasteiger charge is 2.55. The molecule has 0 saturated carbocycles. The molecular weight excluding hydrogens is 989 g/mol. The molecule has 0 spiro atoms. The maximum atomic E-state index is 15.0. The van der Waals surface area contributed by atoms with Gasteiger partial charge < -0.3 is 24.2 Å². The van der Waals surface area contributed by atoms with Gasteiger partial charge in [-0.1, -0.05) is 169 Å². The van der Waals surface area contributed by atoms with Crippen LogP contribution in [-0.4, -0.2) is 82.1 Å². The molecule has 0 radical (unpaired) electrons. The van der Waals surface area contributed by atoms with Crippen LogP contribution in [0.2, 0.25) is 0 Å². The Kier molecular flexibility index (Phi) is 15.3. The van der Waals surface area contributed by atoms with E-state index in [0.717, 1.165) is 39.2 Å². The number of nitrogens with zero attached hydrogens (tertiary/aromatic N) is 6. The fourth-order valence-corrected chi connectivity index (χ4v) is 12.3. The van der Waals surface area contributed by atoms with Crippen molar-refractivity contribution in [3.63, 3.8) is 0 Å². The van der Waals surface area contributed by atoms with Crippen LogP contribution >= 0.6 is 46.6 Å². The summed E-state index contributed by atoms with van der Waals surface area (Å²) in [4.78, 5) is 70.7. The number of thiazole rings is 1. The lowest BCUT2D eigenvalue weighted by molar-refractivity contribution is -0.154. The van der Waals surface area contributed by atoms with Crippen molar-refractivity contribution in [2.75, 3.05) is 16.2 Å². The normalized spacial score (nSPS) is 15.9. The predicted molar refractivity (Wildman–Crippen MR) is 281 cm³/mol. The minimum atomic E-state index is -1.39. The number of carbonyl (C=O) groups excluding carboxylic acids is 4. The molecule has 3 amide bonds. The van der Waals surface area contributed by atoms with E-state index < -0.39 is 52.6 Å². The summed E-state index contributed by atoms with van der Waals surface area (Å²) in [6.07, 6.45) is 0.0894. The van der Waals surface area contributed by atoms with Gasteiger partial charge in [0.05, 0.1) is 5.08 Å². The van der Waals surface area contributed by atoms with E-state index >= 15 is 0 Å². The molecule has 5 aromatic carbocycles. The number of ether oxygens (including phenoxy) is 2. The van der Waals surface area contributed by atoms with Gasteiger partial charge in [-0.25, -0.2) is 14.6 Å². The van der Waals surface area contributed by atoms with Gasteiger partial charge in [-0.2, -0.15) is 0 Å². The summed E-state index contributed by atoms with van der Waals surface area (Å²) >= 11 is 5.31. The number of rotatable bonds is 17. The molecule has 72 heavy (non-hydrogen) atoms. The minimum absolute atomic E-state index is 0.0581. The van der Waals surface area contributed by atoms with Crippen LogP contribution in [0.3, 0.4) is 0 Å². The average molecular weight is 1040 g/mol. The molecular formula is C53H48N8O7S4. The fourth-order valence-electron chi connectivity index (χ4n) is 8.03. The topological polar surface area (TPSA) is 179 Å². The molecule has 2 N–H and O–H groups in total. The van der Waals surface area contributed by atoms with Crippen molar-refractivity contribution in [3.8, 4) is 0 Å². The van der Waals surface area contributed by atoms with Crippen LogP contribution in [0.1, 0.15) is 60.4 Å². The molecule has 7 aromatic rings. The molecule has 0 unspecified atom stereocenters. The SMILES string of the molecule is Cn1cnnc1SCSC1=C(C(=O)OC(c2ccccc2)c2ccccc2)N2C(=O)[C@@H](NC(=O)C(=NOC(c3ccccc3)(c3ccccc3)c3ccccc3)c3csc(NC(=O)OC(C)(C)C)n3)[C@@H]2SC1. The molecule has 1 fully saturated rings. The lowest BCUT2D eigenvalue weighted by Gasteiger charge is -2.49. The summed E-state index contributed by atoms with van der Waals surface area (Å²) in [7, 11) is 1.85. The fraction of sp³-hybridized carbons (Fsp3) is 0.208. The van der Waals surface area contributed by atoms with Crippen molar-refractivity contribution in [1.82, 2.24) is 30.0 Å². The second-order valence-corrected chi connectivity index (χ2v) is 21.7. The summed E-state index contributed by atoms with van der Waals surface area (Å²) < 4.78 is 13.7.